The van der Waals surface area contributed by atoms with Gasteiger partial charge >= 0.3 is 0 Å². The van der Waals surface area contributed by atoms with Crippen LogP contribution < -0.4 is 0 Å². The standard InChI is InChI=1S/C20H42N2O5/c1-21(2,15-19-17-26-19)7-5-9-23-11-13-25-14-12-24-10-6-8-22(3,4)16-20-18-27-20/h19-20H,5-18H2,1-4H3/q+2. The molecule has 27 heavy (non-hydrogen) atoms. The first kappa shape index (κ1) is 23.0. The smallest absolute Gasteiger partial charge is 0.130 e. The zero-order valence-corrected chi connectivity index (χ0v) is 18.0. The Kier molecular flexibility index (Phi) is 9.93. The molecule has 160 valence electrons. The van der Waals surface area contributed by atoms with Crippen molar-refractivity contribution in [3.8, 4) is 0 Å². The summed E-state index contributed by atoms with van der Waals surface area (Å²) < 4.78 is 29.5. The lowest BCUT2D eigenvalue weighted by atomic mass is 10.3. The fourth-order valence-corrected chi connectivity index (χ4v) is 3.36. The van der Waals surface area contributed by atoms with Crippen molar-refractivity contribution in [3.05, 3.63) is 0 Å². The molecule has 2 rings (SSSR count). The first-order valence-corrected chi connectivity index (χ1v) is 10.5. The lowest BCUT2D eigenvalue weighted by molar-refractivity contribution is -0.891. The summed E-state index contributed by atoms with van der Waals surface area (Å²) in [7, 11) is 9.03. The van der Waals surface area contributed by atoms with Gasteiger partial charge in [-0.05, 0) is 0 Å². The van der Waals surface area contributed by atoms with E-state index in [2.05, 4.69) is 28.2 Å². The maximum atomic E-state index is 5.65. The molecular formula is C20H42N2O5+2. The van der Waals surface area contributed by atoms with E-state index in [1.54, 1.807) is 0 Å². The number of rotatable bonds is 18. The van der Waals surface area contributed by atoms with Crippen LogP contribution in [0, 0.1) is 0 Å². The van der Waals surface area contributed by atoms with Crippen LogP contribution in [0.2, 0.25) is 0 Å². The fourth-order valence-electron chi connectivity index (χ4n) is 3.36. The maximum absolute atomic E-state index is 5.65. The molecule has 0 aromatic rings. The highest BCUT2D eigenvalue weighted by atomic mass is 16.6. The van der Waals surface area contributed by atoms with E-state index < -0.39 is 0 Å². The van der Waals surface area contributed by atoms with E-state index >= 15 is 0 Å². The number of ether oxygens (including phenoxy) is 5. The van der Waals surface area contributed by atoms with Crippen molar-refractivity contribution >= 4 is 0 Å². The lowest BCUT2D eigenvalue weighted by Gasteiger charge is -2.29. The molecule has 7 heteroatoms. The third-order valence-electron chi connectivity index (χ3n) is 5.05. The minimum Gasteiger partial charge on any atom is -0.379 e. The molecule has 0 aromatic heterocycles. The highest BCUT2D eigenvalue weighted by Crippen LogP contribution is 2.15. The predicted octanol–water partition coefficient (Wildman–Crippen LogP) is 0.767. The summed E-state index contributed by atoms with van der Waals surface area (Å²) in [5.74, 6) is 0. The van der Waals surface area contributed by atoms with Crippen LogP contribution in [-0.2, 0) is 23.7 Å². The molecule has 0 aromatic carbocycles. The second-order valence-electron chi connectivity index (χ2n) is 9.14. The number of epoxide rings is 2. The Bertz CT molecular complexity index is 362. The quantitative estimate of drug-likeness (QED) is 0.197. The van der Waals surface area contributed by atoms with E-state index in [4.69, 9.17) is 23.7 Å². The second kappa shape index (κ2) is 11.7. The van der Waals surface area contributed by atoms with Crippen molar-refractivity contribution in [2.75, 3.05) is 107 Å². The number of hydrogen-bond acceptors (Lipinski definition) is 5. The van der Waals surface area contributed by atoms with Gasteiger partial charge in [0.15, 0.2) is 0 Å². The Morgan fingerprint density at radius 2 is 0.963 bits per heavy atom. The van der Waals surface area contributed by atoms with Gasteiger partial charge in [0.05, 0.1) is 94.1 Å². The van der Waals surface area contributed by atoms with E-state index in [0.29, 0.717) is 38.6 Å². The molecule has 2 aliphatic heterocycles. The molecule has 0 radical (unpaired) electrons. The van der Waals surface area contributed by atoms with Crippen molar-refractivity contribution in [3.63, 3.8) is 0 Å². The zero-order chi connectivity index (χ0) is 19.6. The summed E-state index contributed by atoms with van der Waals surface area (Å²) in [6.07, 6.45) is 3.12. The SMILES string of the molecule is C[N+](C)(CCCOCCOCCOCCC[N+](C)(C)CC1CO1)CC1CO1. The van der Waals surface area contributed by atoms with Crippen LogP contribution in [0.3, 0.4) is 0 Å². The van der Waals surface area contributed by atoms with Gasteiger partial charge in [0, 0.05) is 12.8 Å². The van der Waals surface area contributed by atoms with Gasteiger partial charge in [-0.25, -0.2) is 0 Å². The maximum Gasteiger partial charge on any atom is 0.130 e. The third kappa shape index (κ3) is 12.7. The van der Waals surface area contributed by atoms with Gasteiger partial charge in [0.25, 0.3) is 0 Å². The monoisotopic (exact) mass is 390 g/mol. The van der Waals surface area contributed by atoms with Crippen molar-refractivity contribution in [1.29, 1.82) is 0 Å². The molecule has 0 bridgehead atoms. The van der Waals surface area contributed by atoms with Crippen molar-refractivity contribution in [2.24, 2.45) is 0 Å². The molecule has 7 nitrogen and oxygen atoms in total. The lowest BCUT2D eigenvalue weighted by Crippen LogP contribution is -2.43. The molecule has 2 aliphatic rings. The van der Waals surface area contributed by atoms with Crippen molar-refractivity contribution in [1.82, 2.24) is 0 Å². The molecule has 2 heterocycles. The van der Waals surface area contributed by atoms with Crippen LogP contribution in [0.1, 0.15) is 12.8 Å². The van der Waals surface area contributed by atoms with Gasteiger partial charge in [0.1, 0.15) is 25.3 Å². The van der Waals surface area contributed by atoms with Gasteiger partial charge in [-0.2, -0.15) is 0 Å². The molecule has 0 amide bonds. The largest absolute Gasteiger partial charge is 0.379 e. The number of hydrogen-bond donors (Lipinski definition) is 0. The molecule has 0 saturated carbocycles. The average Bonchev–Trinajstić information content (AvgIpc) is 3.49. The van der Waals surface area contributed by atoms with Crippen LogP contribution in [0.4, 0.5) is 0 Å². The van der Waals surface area contributed by atoms with Crippen LogP contribution in [0.5, 0.6) is 0 Å². The Hall–Kier alpha value is -0.280. The highest BCUT2D eigenvalue weighted by Gasteiger charge is 2.31. The minimum atomic E-state index is 0.486. The number of quaternary nitrogens is 2. The topological polar surface area (TPSA) is 52.8 Å². The Balaban J connectivity index is 1.28. The van der Waals surface area contributed by atoms with Gasteiger partial charge in [-0.15, -0.1) is 0 Å². The molecule has 2 fully saturated rings. The molecule has 0 N–H and O–H groups in total. The molecule has 2 atom stereocenters. The first-order chi connectivity index (χ1) is 12.9. The predicted molar refractivity (Wildman–Crippen MR) is 105 cm³/mol. The summed E-state index contributed by atoms with van der Waals surface area (Å²) >= 11 is 0. The van der Waals surface area contributed by atoms with Crippen molar-refractivity contribution in [2.45, 2.75) is 25.0 Å². The number of likely N-dealkylation sites (N-methyl/N-ethyl adjacent to an activating group) is 2. The van der Waals surface area contributed by atoms with Crippen LogP contribution >= 0.6 is 0 Å². The van der Waals surface area contributed by atoms with Crippen LogP contribution in [-0.4, -0.2) is 128 Å². The summed E-state index contributed by atoms with van der Waals surface area (Å²) in [6.45, 7) is 10.5. The van der Waals surface area contributed by atoms with Gasteiger partial charge in [-0.1, -0.05) is 0 Å². The van der Waals surface area contributed by atoms with E-state index in [1.165, 1.54) is 0 Å². The molecule has 2 unspecified atom stereocenters. The zero-order valence-electron chi connectivity index (χ0n) is 18.0. The molecule has 2 saturated heterocycles. The molecule has 0 aliphatic carbocycles. The van der Waals surface area contributed by atoms with E-state index in [-0.39, 0.29) is 0 Å². The number of nitrogens with zero attached hydrogens (tertiary/aromatic N) is 2. The van der Waals surface area contributed by atoms with E-state index in [0.717, 1.165) is 74.4 Å². The Labute approximate surface area is 165 Å². The summed E-state index contributed by atoms with van der Waals surface area (Å²) in [5, 5.41) is 0. The van der Waals surface area contributed by atoms with Crippen molar-refractivity contribution < 1.29 is 32.7 Å². The van der Waals surface area contributed by atoms with Crippen LogP contribution in [0.25, 0.3) is 0 Å². The average molecular weight is 391 g/mol. The van der Waals surface area contributed by atoms with Crippen LogP contribution in [0.15, 0.2) is 0 Å². The second-order valence-corrected chi connectivity index (χ2v) is 9.14. The van der Waals surface area contributed by atoms with Gasteiger partial charge < -0.3 is 32.7 Å². The third-order valence-corrected chi connectivity index (χ3v) is 5.05. The molecular weight excluding hydrogens is 348 g/mol. The summed E-state index contributed by atoms with van der Waals surface area (Å²) in [6, 6.07) is 0. The minimum absolute atomic E-state index is 0.486. The highest BCUT2D eigenvalue weighted by molar-refractivity contribution is 4.68. The Morgan fingerprint density at radius 3 is 1.30 bits per heavy atom. The first-order valence-electron chi connectivity index (χ1n) is 10.5. The van der Waals surface area contributed by atoms with E-state index in [9.17, 15) is 0 Å². The van der Waals surface area contributed by atoms with Gasteiger partial charge in [-0.3, -0.25) is 0 Å². The fraction of sp³-hybridized carbons (Fsp3) is 1.00. The normalized spacial score (nSPS) is 22.2. The summed E-state index contributed by atoms with van der Waals surface area (Å²) in [4.78, 5) is 0. The van der Waals surface area contributed by atoms with Gasteiger partial charge in [0.2, 0.25) is 0 Å². The Morgan fingerprint density at radius 1 is 0.630 bits per heavy atom. The van der Waals surface area contributed by atoms with E-state index in [1.807, 2.05) is 0 Å². The summed E-state index contributed by atoms with van der Waals surface area (Å²) in [5.41, 5.74) is 0. The molecule has 0 spiro atoms.